The molecule has 2 aliphatic rings. The number of rotatable bonds is 9. The highest BCUT2D eigenvalue weighted by molar-refractivity contribution is 5.71. The molecule has 0 aromatic carbocycles. The van der Waals surface area contributed by atoms with Crippen LogP contribution in [0.1, 0.15) is 79.1 Å². The summed E-state index contributed by atoms with van der Waals surface area (Å²) >= 11 is 0. The number of carbonyl (C=O) groups is 2. The number of piperidine rings is 2. The number of hydrogen-bond acceptors (Lipinski definition) is 4. The number of quaternary nitrogens is 2. The second-order valence-electron chi connectivity index (χ2n) is 9.64. The third-order valence-electron chi connectivity index (χ3n) is 6.61. The van der Waals surface area contributed by atoms with E-state index in [0.29, 0.717) is 37.5 Å². The van der Waals surface area contributed by atoms with Gasteiger partial charge in [0.25, 0.3) is 0 Å². The highest BCUT2D eigenvalue weighted by Gasteiger charge is 2.36. The zero-order valence-electron chi connectivity index (χ0n) is 18.4. The normalized spacial score (nSPS) is 20.0. The van der Waals surface area contributed by atoms with Gasteiger partial charge < -0.3 is 20.1 Å². The van der Waals surface area contributed by atoms with E-state index in [1.807, 2.05) is 27.7 Å². The molecule has 0 bridgehead atoms. The van der Waals surface area contributed by atoms with E-state index in [9.17, 15) is 9.59 Å². The van der Waals surface area contributed by atoms with Crippen LogP contribution in [0.3, 0.4) is 0 Å². The summed E-state index contributed by atoms with van der Waals surface area (Å²) in [5.74, 6) is 0.588. The van der Waals surface area contributed by atoms with Crippen LogP contribution in [0.25, 0.3) is 0 Å². The van der Waals surface area contributed by atoms with Crippen LogP contribution in [0.4, 0.5) is 0 Å². The van der Waals surface area contributed by atoms with Gasteiger partial charge in [0, 0.05) is 50.4 Å². The smallest absolute Gasteiger partial charge is 0.306 e. The molecule has 0 spiro atoms. The quantitative estimate of drug-likeness (QED) is 0.450. The van der Waals surface area contributed by atoms with Gasteiger partial charge in [-0.3, -0.25) is 9.59 Å². The van der Waals surface area contributed by atoms with Crippen LogP contribution in [0, 0.1) is 11.8 Å². The van der Waals surface area contributed by atoms with Crippen molar-refractivity contribution < 1.29 is 29.7 Å². The van der Waals surface area contributed by atoms with Crippen molar-refractivity contribution in [2.24, 2.45) is 11.8 Å². The maximum Gasteiger partial charge on any atom is 0.306 e. The highest BCUT2D eigenvalue weighted by Crippen LogP contribution is 2.29. The van der Waals surface area contributed by atoms with Crippen LogP contribution >= 0.6 is 0 Å². The molecule has 0 aliphatic carbocycles. The molecule has 4 N–H and O–H groups in total. The van der Waals surface area contributed by atoms with Crippen LogP contribution < -0.4 is 10.6 Å². The van der Waals surface area contributed by atoms with Crippen LogP contribution in [0.15, 0.2) is 0 Å². The van der Waals surface area contributed by atoms with Gasteiger partial charge in [-0.15, -0.1) is 0 Å². The average molecular weight is 399 g/mol. The summed E-state index contributed by atoms with van der Waals surface area (Å²) in [6.45, 7) is 12.6. The van der Waals surface area contributed by atoms with E-state index in [1.54, 1.807) is 0 Å². The average Bonchev–Trinajstić information content (AvgIpc) is 2.66. The molecule has 0 unspecified atom stereocenters. The van der Waals surface area contributed by atoms with Gasteiger partial charge in [-0.2, -0.15) is 0 Å². The molecule has 28 heavy (non-hydrogen) atoms. The van der Waals surface area contributed by atoms with Crippen molar-refractivity contribution in [1.82, 2.24) is 0 Å². The standard InChI is InChI=1S/C22H40N2O4/c1-21(2,17-9-13-23-14-10-17)27-19(25)7-5-6-8-20(26)28-22(3,4)18-11-15-24-16-12-18/h17-18,23-24H,5-16H2,1-4H3/p+2. The minimum absolute atomic E-state index is 0.147. The van der Waals surface area contributed by atoms with Gasteiger partial charge >= 0.3 is 11.9 Å². The van der Waals surface area contributed by atoms with Gasteiger partial charge in [0.15, 0.2) is 0 Å². The van der Waals surface area contributed by atoms with Gasteiger partial charge in [0.1, 0.15) is 11.2 Å². The van der Waals surface area contributed by atoms with E-state index < -0.39 is 11.2 Å². The second-order valence-corrected chi connectivity index (χ2v) is 9.64. The van der Waals surface area contributed by atoms with E-state index in [2.05, 4.69) is 10.6 Å². The van der Waals surface area contributed by atoms with E-state index in [-0.39, 0.29) is 11.9 Å². The Kier molecular flexibility index (Phi) is 8.75. The molecule has 0 aromatic rings. The number of nitrogens with two attached hydrogens (primary N) is 2. The van der Waals surface area contributed by atoms with Crippen molar-refractivity contribution >= 4 is 11.9 Å². The molecule has 2 heterocycles. The summed E-state index contributed by atoms with van der Waals surface area (Å²) in [4.78, 5) is 24.5. The van der Waals surface area contributed by atoms with Crippen molar-refractivity contribution in [1.29, 1.82) is 0 Å². The zero-order valence-corrected chi connectivity index (χ0v) is 18.4. The molecule has 2 saturated heterocycles. The van der Waals surface area contributed by atoms with E-state index in [4.69, 9.17) is 9.47 Å². The number of carbonyl (C=O) groups excluding carboxylic acids is 2. The Morgan fingerprint density at radius 1 is 0.714 bits per heavy atom. The number of esters is 2. The first-order chi connectivity index (χ1) is 13.2. The van der Waals surface area contributed by atoms with Crippen molar-refractivity contribution in [2.45, 2.75) is 90.3 Å². The topological polar surface area (TPSA) is 85.8 Å². The van der Waals surface area contributed by atoms with Crippen LogP contribution in [0.2, 0.25) is 0 Å². The third-order valence-corrected chi connectivity index (χ3v) is 6.61. The lowest BCUT2D eigenvalue weighted by molar-refractivity contribution is -0.666. The van der Waals surface area contributed by atoms with Crippen LogP contribution in [0.5, 0.6) is 0 Å². The van der Waals surface area contributed by atoms with Crippen LogP contribution in [-0.4, -0.2) is 49.3 Å². The van der Waals surface area contributed by atoms with E-state index in [1.165, 1.54) is 0 Å². The molecule has 6 heteroatoms. The summed E-state index contributed by atoms with van der Waals surface area (Å²) in [6.07, 6.45) is 6.47. The molecule has 162 valence electrons. The van der Waals surface area contributed by atoms with Crippen molar-refractivity contribution in [3.63, 3.8) is 0 Å². The Morgan fingerprint density at radius 2 is 1.04 bits per heavy atom. The highest BCUT2D eigenvalue weighted by atomic mass is 16.6. The Balaban J connectivity index is 1.63. The van der Waals surface area contributed by atoms with Gasteiger partial charge in [0.2, 0.25) is 0 Å². The molecule has 6 nitrogen and oxygen atoms in total. The zero-order chi connectivity index (χ0) is 20.6. The third kappa shape index (κ3) is 7.36. The van der Waals surface area contributed by atoms with E-state index >= 15 is 0 Å². The Labute approximate surface area is 170 Å². The Bertz CT molecular complexity index is 461. The maximum atomic E-state index is 12.2. The van der Waals surface area contributed by atoms with Crippen molar-refractivity contribution in [3.05, 3.63) is 0 Å². The first-order valence-corrected chi connectivity index (χ1v) is 11.3. The monoisotopic (exact) mass is 398 g/mol. The second kappa shape index (κ2) is 10.6. The molecular weight excluding hydrogens is 356 g/mol. The molecule has 0 aromatic heterocycles. The summed E-state index contributed by atoms with van der Waals surface area (Å²) in [7, 11) is 0. The van der Waals surface area contributed by atoms with E-state index in [0.717, 1.165) is 51.9 Å². The fourth-order valence-electron chi connectivity index (χ4n) is 4.64. The molecule has 0 saturated carbocycles. The largest absolute Gasteiger partial charge is 0.459 e. The minimum atomic E-state index is -0.397. The Morgan fingerprint density at radius 3 is 1.36 bits per heavy atom. The predicted octanol–water partition coefficient (Wildman–Crippen LogP) is 1.14. The summed E-state index contributed by atoms with van der Waals surface area (Å²) in [6, 6.07) is 0. The first-order valence-electron chi connectivity index (χ1n) is 11.3. The molecule has 0 radical (unpaired) electrons. The maximum absolute atomic E-state index is 12.2. The lowest BCUT2D eigenvalue weighted by Gasteiger charge is -2.35. The number of hydrogen-bond donors (Lipinski definition) is 2. The SMILES string of the molecule is CC(C)(OC(=O)CCCCC(=O)OC(C)(C)C1CC[NH2+]CC1)C1CC[NH2+]CC1. The fraction of sp³-hybridized carbons (Fsp3) is 0.909. The molecule has 2 aliphatic heterocycles. The van der Waals surface area contributed by atoms with Crippen molar-refractivity contribution in [2.75, 3.05) is 26.2 Å². The summed E-state index contributed by atoms with van der Waals surface area (Å²) in [5, 5.41) is 4.64. The van der Waals surface area contributed by atoms with Gasteiger partial charge in [-0.1, -0.05) is 0 Å². The summed E-state index contributed by atoms with van der Waals surface area (Å²) in [5.41, 5.74) is -0.794. The van der Waals surface area contributed by atoms with Gasteiger partial charge in [-0.25, -0.2) is 0 Å². The Hall–Kier alpha value is -1.14. The minimum Gasteiger partial charge on any atom is -0.459 e. The van der Waals surface area contributed by atoms with Gasteiger partial charge in [0.05, 0.1) is 26.2 Å². The fourth-order valence-corrected chi connectivity index (χ4v) is 4.64. The number of unbranched alkanes of at least 4 members (excludes halogenated alkanes) is 1. The number of ether oxygens (including phenoxy) is 2. The first kappa shape index (κ1) is 23.1. The van der Waals surface area contributed by atoms with Gasteiger partial charge in [-0.05, 0) is 40.5 Å². The van der Waals surface area contributed by atoms with Crippen LogP contribution in [-0.2, 0) is 19.1 Å². The molecule has 0 amide bonds. The summed E-state index contributed by atoms with van der Waals surface area (Å²) < 4.78 is 11.5. The molecule has 0 atom stereocenters. The molecule has 2 fully saturated rings. The predicted molar refractivity (Wildman–Crippen MR) is 108 cm³/mol. The lowest BCUT2D eigenvalue weighted by Crippen LogP contribution is -2.86. The van der Waals surface area contributed by atoms with Crippen molar-refractivity contribution in [3.8, 4) is 0 Å². The molecular formula is C22H42N2O4+2. The molecule has 2 rings (SSSR count). The lowest BCUT2D eigenvalue weighted by atomic mass is 9.83.